The van der Waals surface area contributed by atoms with Crippen LogP contribution in [0.3, 0.4) is 0 Å². The number of halogens is 2. The third-order valence-corrected chi connectivity index (χ3v) is 4.12. The lowest BCUT2D eigenvalue weighted by molar-refractivity contribution is -0.153. The van der Waals surface area contributed by atoms with Gasteiger partial charge in [-0.15, -0.1) is 5.10 Å². The fraction of sp³-hybridized carbons (Fsp3) is 0.333. The van der Waals surface area contributed by atoms with Gasteiger partial charge in [0.2, 0.25) is 0 Å². The van der Waals surface area contributed by atoms with Crippen molar-refractivity contribution < 1.29 is 14.3 Å². The van der Waals surface area contributed by atoms with E-state index in [1.165, 1.54) is 16.8 Å². The summed E-state index contributed by atoms with van der Waals surface area (Å²) in [6.45, 7) is 0. The topological polar surface area (TPSA) is 80.9 Å². The smallest absolute Gasteiger partial charge is 0.331 e. The molecule has 1 heterocycles. The Hall–Kier alpha value is -1.83. The lowest BCUT2D eigenvalue weighted by Crippen LogP contribution is -2.48. The molecule has 6 nitrogen and oxygen atoms in total. The molecule has 0 bridgehead atoms. The molecule has 1 N–H and O–H groups in total. The highest BCUT2D eigenvalue weighted by Crippen LogP contribution is 2.41. The molecule has 1 aromatic heterocycles. The highest BCUT2D eigenvalue weighted by Gasteiger charge is 2.49. The third kappa shape index (κ3) is 1.82. The molecule has 1 aliphatic rings. The molecular weight excluding hydrogens is 331 g/mol. The molecule has 0 aliphatic heterocycles. The zero-order valence-corrected chi connectivity index (χ0v) is 11.8. The van der Waals surface area contributed by atoms with E-state index < -0.39 is 17.3 Å². The fourth-order valence-corrected chi connectivity index (χ4v) is 2.68. The molecule has 0 radical (unpaired) electrons. The molecule has 0 saturated heterocycles. The van der Waals surface area contributed by atoms with Gasteiger partial charge in [-0.3, -0.25) is 0 Å². The Labute approximate surface area is 121 Å². The van der Waals surface area contributed by atoms with Crippen LogP contribution < -0.4 is 0 Å². The fourth-order valence-electron chi connectivity index (χ4n) is 2.34. The van der Waals surface area contributed by atoms with Gasteiger partial charge in [0, 0.05) is 4.47 Å². The van der Waals surface area contributed by atoms with Crippen molar-refractivity contribution in [2.45, 2.75) is 24.8 Å². The van der Waals surface area contributed by atoms with Crippen LogP contribution in [0.2, 0.25) is 0 Å². The van der Waals surface area contributed by atoms with Crippen molar-refractivity contribution in [1.29, 1.82) is 0 Å². The van der Waals surface area contributed by atoms with Gasteiger partial charge in [0.25, 0.3) is 0 Å². The summed E-state index contributed by atoms with van der Waals surface area (Å²) in [5, 5.41) is 20.5. The molecule has 2 aromatic rings. The first-order valence-electron chi connectivity index (χ1n) is 6.02. The number of carboxylic acids is 1. The Morgan fingerprint density at radius 3 is 2.75 bits per heavy atom. The second kappa shape index (κ2) is 4.62. The highest BCUT2D eigenvalue weighted by molar-refractivity contribution is 9.10. The van der Waals surface area contributed by atoms with Crippen molar-refractivity contribution in [1.82, 2.24) is 20.2 Å². The SMILES string of the molecule is O=C(O)C1(n2nnnc2-c2ccc(Br)cc2F)CCC1. The summed E-state index contributed by atoms with van der Waals surface area (Å²) in [5.74, 6) is -1.36. The van der Waals surface area contributed by atoms with Gasteiger partial charge in [0.1, 0.15) is 5.82 Å². The number of tetrazole rings is 1. The summed E-state index contributed by atoms with van der Waals surface area (Å²) in [6, 6.07) is 4.48. The molecule has 8 heteroatoms. The van der Waals surface area contributed by atoms with Crippen LogP contribution >= 0.6 is 15.9 Å². The van der Waals surface area contributed by atoms with Crippen LogP contribution in [-0.4, -0.2) is 31.3 Å². The second-order valence-electron chi connectivity index (χ2n) is 4.73. The number of hydrogen-bond donors (Lipinski definition) is 1. The summed E-state index contributed by atoms with van der Waals surface area (Å²) >= 11 is 3.17. The third-order valence-electron chi connectivity index (χ3n) is 3.63. The van der Waals surface area contributed by atoms with Crippen LogP contribution in [0.5, 0.6) is 0 Å². The molecule has 3 rings (SSSR count). The van der Waals surface area contributed by atoms with Gasteiger partial charge in [-0.25, -0.2) is 13.9 Å². The van der Waals surface area contributed by atoms with Crippen LogP contribution in [0.4, 0.5) is 4.39 Å². The maximum Gasteiger partial charge on any atom is 0.331 e. The van der Waals surface area contributed by atoms with E-state index in [-0.39, 0.29) is 11.4 Å². The average molecular weight is 341 g/mol. The van der Waals surface area contributed by atoms with Crippen molar-refractivity contribution in [3.8, 4) is 11.4 Å². The Balaban J connectivity index is 2.13. The number of aromatic nitrogens is 4. The van der Waals surface area contributed by atoms with Gasteiger partial charge in [-0.05, 0) is 47.9 Å². The lowest BCUT2D eigenvalue weighted by Gasteiger charge is -2.37. The number of carbonyl (C=O) groups is 1. The molecular formula is C12H10BrFN4O2. The van der Waals surface area contributed by atoms with Gasteiger partial charge >= 0.3 is 5.97 Å². The van der Waals surface area contributed by atoms with E-state index >= 15 is 0 Å². The minimum absolute atomic E-state index is 0.136. The van der Waals surface area contributed by atoms with Crippen LogP contribution in [-0.2, 0) is 10.3 Å². The first-order chi connectivity index (χ1) is 9.54. The minimum atomic E-state index is -1.15. The van der Waals surface area contributed by atoms with Crippen molar-refractivity contribution in [3.63, 3.8) is 0 Å². The van der Waals surface area contributed by atoms with Crippen molar-refractivity contribution in [3.05, 3.63) is 28.5 Å². The molecule has 0 atom stereocenters. The zero-order valence-electron chi connectivity index (χ0n) is 10.3. The van der Waals surface area contributed by atoms with Crippen LogP contribution in [0.25, 0.3) is 11.4 Å². The zero-order chi connectivity index (χ0) is 14.3. The molecule has 1 aliphatic carbocycles. The highest BCUT2D eigenvalue weighted by atomic mass is 79.9. The molecule has 20 heavy (non-hydrogen) atoms. The molecule has 1 saturated carbocycles. The Morgan fingerprint density at radius 2 is 2.20 bits per heavy atom. The van der Waals surface area contributed by atoms with Gasteiger partial charge in [0.15, 0.2) is 11.4 Å². The van der Waals surface area contributed by atoms with Crippen LogP contribution in [0.1, 0.15) is 19.3 Å². The summed E-state index contributed by atoms with van der Waals surface area (Å²) in [5.41, 5.74) is -0.969. The first kappa shape index (κ1) is 13.2. The number of aliphatic carboxylic acids is 1. The summed E-state index contributed by atoms with van der Waals surface area (Å²) in [4.78, 5) is 11.5. The minimum Gasteiger partial charge on any atom is -0.479 e. The monoisotopic (exact) mass is 340 g/mol. The Morgan fingerprint density at radius 1 is 1.45 bits per heavy atom. The van der Waals surface area contributed by atoms with Crippen LogP contribution in [0.15, 0.2) is 22.7 Å². The maximum atomic E-state index is 14.0. The summed E-state index contributed by atoms with van der Waals surface area (Å²) in [6.07, 6.45) is 1.67. The van der Waals surface area contributed by atoms with Crippen molar-refractivity contribution >= 4 is 21.9 Å². The lowest BCUT2D eigenvalue weighted by atomic mass is 9.76. The predicted molar refractivity (Wildman–Crippen MR) is 70.4 cm³/mol. The molecule has 0 amide bonds. The molecule has 0 unspecified atom stereocenters. The van der Waals surface area contributed by atoms with E-state index in [2.05, 4.69) is 31.5 Å². The normalized spacial score (nSPS) is 16.7. The first-order valence-corrected chi connectivity index (χ1v) is 6.81. The van der Waals surface area contributed by atoms with Crippen molar-refractivity contribution in [2.75, 3.05) is 0 Å². The van der Waals surface area contributed by atoms with Gasteiger partial charge < -0.3 is 5.11 Å². The quantitative estimate of drug-likeness (QED) is 0.926. The van der Waals surface area contributed by atoms with Gasteiger partial charge in [0.05, 0.1) is 5.56 Å². The Kier molecular flexibility index (Phi) is 3.04. The van der Waals surface area contributed by atoms with Gasteiger partial charge in [-0.1, -0.05) is 15.9 Å². The predicted octanol–water partition coefficient (Wildman–Crippen LogP) is 2.21. The average Bonchev–Trinajstić information content (AvgIpc) is 2.76. The molecule has 1 fully saturated rings. The van der Waals surface area contributed by atoms with E-state index in [0.717, 1.165) is 6.42 Å². The molecule has 104 valence electrons. The van der Waals surface area contributed by atoms with E-state index in [0.29, 0.717) is 17.3 Å². The molecule has 1 aromatic carbocycles. The largest absolute Gasteiger partial charge is 0.479 e. The van der Waals surface area contributed by atoms with Crippen LogP contribution in [0, 0.1) is 5.82 Å². The van der Waals surface area contributed by atoms with Crippen molar-refractivity contribution in [2.24, 2.45) is 0 Å². The standard InChI is InChI=1S/C12H10BrFN4O2/c13-7-2-3-8(9(14)6-7)10-15-16-17-18(10)12(11(19)20)4-1-5-12/h2-3,6H,1,4-5H2,(H,19,20). The number of benzene rings is 1. The maximum absolute atomic E-state index is 14.0. The number of nitrogens with zero attached hydrogens (tertiary/aromatic N) is 4. The number of rotatable bonds is 3. The Bertz CT molecular complexity index is 684. The number of hydrogen-bond acceptors (Lipinski definition) is 4. The number of carboxylic acid groups (broad SMARTS) is 1. The van der Waals surface area contributed by atoms with E-state index in [9.17, 15) is 14.3 Å². The van der Waals surface area contributed by atoms with E-state index in [4.69, 9.17) is 0 Å². The van der Waals surface area contributed by atoms with E-state index in [1.807, 2.05) is 0 Å². The van der Waals surface area contributed by atoms with E-state index in [1.54, 1.807) is 6.07 Å². The van der Waals surface area contributed by atoms with Gasteiger partial charge in [-0.2, -0.15) is 0 Å². The second-order valence-corrected chi connectivity index (χ2v) is 5.64. The summed E-state index contributed by atoms with van der Waals surface area (Å²) < 4.78 is 15.8. The summed E-state index contributed by atoms with van der Waals surface area (Å²) in [7, 11) is 0. The molecule has 0 spiro atoms.